The first-order valence-corrected chi connectivity index (χ1v) is 3.77. The van der Waals surface area contributed by atoms with Gasteiger partial charge in [0.2, 0.25) is 0 Å². The first-order chi connectivity index (χ1) is 5.77. The second-order valence-corrected chi connectivity index (χ2v) is 2.72. The van der Waals surface area contributed by atoms with E-state index in [4.69, 9.17) is 22.7 Å². The van der Waals surface area contributed by atoms with E-state index in [0.717, 1.165) is 5.56 Å². The van der Waals surface area contributed by atoms with E-state index in [1.54, 1.807) is 24.3 Å². The van der Waals surface area contributed by atoms with Crippen molar-refractivity contribution in [2.45, 2.75) is 6.04 Å². The summed E-state index contributed by atoms with van der Waals surface area (Å²) >= 11 is 5.72. The molecule has 3 N–H and O–H groups in total. The van der Waals surface area contributed by atoms with Gasteiger partial charge in [0.1, 0.15) is 6.04 Å². The molecule has 0 aliphatic rings. The topological polar surface area (TPSA) is 61.8 Å². The van der Waals surface area contributed by atoms with Gasteiger partial charge in [-0.2, -0.15) is 5.26 Å². The van der Waals surface area contributed by atoms with Gasteiger partial charge in [-0.25, -0.2) is 5.43 Å². The van der Waals surface area contributed by atoms with Crippen molar-refractivity contribution in [1.29, 1.82) is 5.26 Å². The Labute approximate surface area is 75.7 Å². The third-order valence-electron chi connectivity index (χ3n) is 1.48. The van der Waals surface area contributed by atoms with Gasteiger partial charge < -0.3 is 0 Å². The second-order valence-electron chi connectivity index (χ2n) is 2.28. The molecule has 0 amide bonds. The largest absolute Gasteiger partial charge is 0.270 e. The lowest BCUT2D eigenvalue weighted by Gasteiger charge is -2.06. The predicted octanol–water partition coefficient (Wildman–Crippen LogP) is 1.37. The third-order valence-corrected chi connectivity index (χ3v) is 1.71. The number of nitrogens with zero attached hydrogens (tertiary/aromatic N) is 1. The van der Waals surface area contributed by atoms with E-state index in [9.17, 15) is 0 Å². The molecule has 0 fully saturated rings. The standard InChI is InChI=1S/C8H8ClN3/c9-7-3-1-2-6(4-7)8(5-10)12-11/h1-4,8,12H,11H2. The first-order valence-electron chi connectivity index (χ1n) is 3.39. The molecule has 1 aromatic rings. The van der Waals surface area contributed by atoms with Gasteiger partial charge in [0.25, 0.3) is 0 Å². The summed E-state index contributed by atoms with van der Waals surface area (Å²) in [5, 5.41) is 9.23. The van der Waals surface area contributed by atoms with Crippen LogP contribution >= 0.6 is 11.6 Å². The maximum Gasteiger partial charge on any atom is 0.133 e. The van der Waals surface area contributed by atoms with Crippen LogP contribution in [0.15, 0.2) is 24.3 Å². The van der Waals surface area contributed by atoms with Crippen LogP contribution in [0, 0.1) is 11.3 Å². The Kier molecular flexibility index (Phi) is 3.06. The molecule has 0 spiro atoms. The molecular weight excluding hydrogens is 174 g/mol. The van der Waals surface area contributed by atoms with Gasteiger partial charge in [0.05, 0.1) is 6.07 Å². The van der Waals surface area contributed by atoms with Crippen LogP contribution in [0.3, 0.4) is 0 Å². The number of benzene rings is 1. The molecule has 0 radical (unpaired) electrons. The Morgan fingerprint density at radius 2 is 2.33 bits per heavy atom. The van der Waals surface area contributed by atoms with Crippen LogP contribution in [0.25, 0.3) is 0 Å². The minimum Gasteiger partial charge on any atom is -0.270 e. The number of hydrogen-bond acceptors (Lipinski definition) is 3. The van der Waals surface area contributed by atoms with Gasteiger partial charge in [-0.05, 0) is 17.7 Å². The van der Waals surface area contributed by atoms with Gasteiger partial charge in [-0.15, -0.1) is 0 Å². The zero-order valence-corrected chi connectivity index (χ0v) is 7.05. The minimum atomic E-state index is -0.497. The summed E-state index contributed by atoms with van der Waals surface area (Å²) in [7, 11) is 0. The summed E-state index contributed by atoms with van der Waals surface area (Å²) in [5.74, 6) is 5.15. The highest BCUT2D eigenvalue weighted by Crippen LogP contribution is 2.16. The average molecular weight is 182 g/mol. The zero-order chi connectivity index (χ0) is 8.97. The van der Waals surface area contributed by atoms with Gasteiger partial charge >= 0.3 is 0 Å². The van der Waals surface area contributed by atoms with E-state index in [2.05, 4.69) is 5.43 Å². The van der Waals surface area contributed by atoms with Crippen molar-refractivity contribution in [2.24, 2.45) is 5.84 Å². The van der Waals surface area contributed by atoms with E-state index in [1.165, 1.54) is 0 Å². The van der Waals surface area contributed by atoms with Crippen LogP contribution in [-0.4, -0.2) is 0 Å². The number of nitrogens with two attached hydrogens (primary N) is 1. The van der Waals surface area contributed by atoms with Crippen molar-refractivity contribution in [1.82, 2.24) is 5.43 Å². The molecule has 0 aliphatic heterocycles. The molecule has 1 rings (SSSR count). The highest BCUT2D eigenvalue weighted by Gasteiger charge is 2.06. The van der Waals surface area contributed by atoms with E-state index < -0.39 is 6.04 Å². The summed E-state index contributed by atoms with van der Waals surface area (Å²) in [5.41, 5.74) is 3.15. The van der Waals surface area contributed by atoms with Gasteiger partial charge in [0, 0.05) is 5.02 Å². The molecule has 1 aromatic carbocycles. The van der Waals surface area contributed by atoms with E-state index >= 15 is 0 Å². The molecular formula is C8H8ClN3. The number of hydrazine groups is 1. The van der Waals surface area contributed by atoms with Crippen LogP contribution in [-0.2, 0) is 0 Å². The molecule has 0 saturated carbocycles. The summed E-state index contributed by atoms with van der Waals surface area (Å²) in [6.07, 6.45) is 0. The molecule has 62 valence electrons. The number of nitriles is 1. The van der Waals surface area contributed by atoms with Crippen molar-refractivity contribution < 1.29 is 0 Å². The highest BCUT2D eigenvalue weighted by molar-refractivity contribution is 6.30. The molecule has 0 saturated heterocycles. The molecule has 1 atom stereocenters. The Morgan fingerprint density at radius 3 is 2.83 bits per heavy atom. The predicted molar refractivity (Wildman–Crippen MR) is 47.1 cm³/mol. The van der Waals surface area contributed by atoms with Crippen LogP contribution in [0.5, 0.6) is 0 Å². The van der Waals surface area contributed by atoms with Gasteiger partial charge in [-0.3, -0.25) is 5.84 Å². The van der Waals surface area contributed by atoms with Crippen molar-refractivity contribution in [3.63, 3.8) is 0 Å². The highest BCUT2D eigenvalue weighted by atomic mass is 35.5. The summed E-state index contributed by atoms with van der Waals surface area (Å²) in [6, 6.07) is 8.52. The minimum absolute atomic E-state index is 0.497. The van der Waals surface area contributed by atoms with Gasteiger partial charge in [-0.1, -0.05) is 23.7 Å². The van der Waals surface area contributed by atoms with E-state index in [1.807, 2.05) is 6.07 Å². The maximum absolute atomic E-state index is 8.63. The molecule has 0 aliphatic carbocycles. The Morgan fingerprint density at radius 1 is 1.58 bits per heavy atom. The molecule has 4 heteroatoms. The summed E-state index contributed by atoms with van der Waals surface area (Å²) < 4.78 is 0. The van der Waals surface area contributed by atoms with Crippen LogP contribution in [0.2, 0.25) is 5.02 Å². The smallest absolute Gasteiger partial charge is 0.133 e. The van der Waals surface area contributed by atoms with E-state index in [0.29, 0.717) is 5.02 Å². The molecule has 0 heterocycles. The van der Waals surface area contributed by atoms with Crippen LogP contribution in [0.1, 0.15) is 11.6 Å². The SMILES string of the molecule is N#CC(NN)c1cccc(Cl)c1. The van der Waals surface area contributed by atoms with Gasteiger partial charge in [0.15, 0.2) is 0 Å². The van der Waals surface area contributed by atoms with E-state index in [-0.39, 0.29) is 0 Å². The second kappa shape index (κ2) is 4.07. The summed E-state index contributed by atoms with van der Waals surface area (Å²) in [6.45, 7) is 0. The van der Waals surface area contributed by atoms with Crippen molar-refractivity contribution in [3.05, 3.63) is 34.9 Å². The lowest BCUT2D eigenvalue weighted by Crippen LogP contribution is -2.26. The lowest BCUT2D eigenvalue weighted by atomic mass is 10.1. The Balaban J connectivity index is 2.95. The van der Waals surface area contributed by atoms with Crippen molar-refractivity contribution >= 4 is 11.6 Å². The number of halogens is 1. The fourth-order valence-electron chi connectivity index (χ4n) is 0.894. The fraction of sp³-hybridized carbons (Fsp3) is 0.125. The van der Waals surface area contributed by atoms with Crippen LogP contribution in [0.4, 0.5) is 0 Å². The van der Waals surface area contributed by atoms with Crippen LogP contribution < -0.4 is 11.3 Å². The average Bonchev–Trinajstić information content (AvgIpc) is 2.07. The first kappa shape index (κ1) is 9.01. The van der Waals surface area contributed by atoms with Crippen molar-refractivity contribution in [3.8, 4) is 6.07 Å². The Hall–Kier alpha value is -1.08. The molecule has 3 nitrogen and oxygen atoms in total. The molecule has 0 bridgehead atoms. The molecule has 12 heavy (non-hydrogen) atoms. The van der Waals surface area contributed by atoms with Crippen molar-refractivity contribution in [2.75, 3.05) is 0 Å². The lowest BCUT2D eigenvalue weighted by molar-refractivity contribution is 0.666. The molecule has 1 unspecified atom stereocenters. The maximum atomic E-state index is 8.63. The molecule has 0 aromatic heterocycles. The monoisotopic (exact) mass is 181 g/mol. The Bertz CT molecular complexity index is 305. The quantitative estimate of drug-likeness (QED) is 0.535. The summed E-state index contributed by atoms with van der Waals surface area (Å²) in [4.78, 5) is 0. The number of hydrogen-bond donors (Lipinski definition) is 2. The normalized spacial score (nSPS) is 12.1. The fourth-order valence-corrected chi connectivity index (χ4v) is 1.09. The zero-order valence-electron chi connectivity index (χ0n) is 6.29. The third kappa shape index (κ3) is 1.95. The number of nitrogens with one attached hydrogen (secondary N) is 1. The number of rotatable bonds is 2.